The fourth-order valence-corrected chi connectivity index (χ4v) is 3.89. The SMILES string of the molecule is N#Cc1ccc(N2C[C@@H](C(=O)NC[C@]3(F)CCNC3)O[C@@H](C(F)(F)F)C2)c2nccnc12. The van der Waals surface area contributed by atoms with E-state index in [1.54, 1.807) is 0 Å². The van der Waals surface area contributed by atoms with E-state index in [2.05, 4.69) is 20.6 Å². The summed E-state index contributed by atoms with van der Waals surface area (Å²) in [6.07, 6.45) is -5.48. The van der Waals surface area contributed by atoms with Gasteiger partial charge >= 0.3 is 6.18 Å². The number of fused-ring (bicyclic) bond motifs is 1. The van der Waals surface area contributed by atoms with E-state index in [1.165, 1.54) is 29.4 Å². The van der Waals surface area contributed by atoms with Gasteiger partial charge < -0.3 is 20.3 Å². The lowest BCUT2D eigenvalue weighted by atomic mass is 10.1. The van der Waals surface area contributed by atoms with E-state index in [1.807, 2.05) is 6.07 Å². The number of nitrogens with zero attached hydrogens (tertiary/aromatic N) is 4. The third-order valence-corrected chi connectivity index (χ3v) is 5.59. The monoisotopic (exact) mass is 452 g/mol. The van der Waals surface area contributed by atoms with Crippen LogP contribution in [0.15, 0.2) is 24.5 Å². The van der Waals surface area contributed by atoms with Crippen molar-refractivity contribution in [3.05, 3.63) is 30.1 Å². The Kier molecular flexibility index (Phi) is 5.87. The molecule has 0 saturated carbocycles. The molecular formula is C20H20F4N6O2. The first-order valence-electron chi connectivity index (χ1n) is 9.98. The molecule has 2 saturated heterocycles. The number of carbonyl (C=O) groups excluding carboxylic acids is 1. The van der Waals surface area contributed by atoms with E-state index in [0.717, 1.165) is 0 Å². The van der Waals surface area contributed by atoms with E-state index in [9.17, 15) is 27.6 Å². The van der Waals surface area contributed by atoms with Crippen molar-refractivity contribution in [2.45, 2.75) is 30.5 Å². The molecule has 1 amide bonds. The molecule has 32 heavy (non-hydrogen) atoms. The maximum Gasteiger partial charge on any atom is 0.416 e. The zero-order valence-electron chi connectivity index (χ0n) is 16.8. The molecule has 2 fully saturated rings. The van der Waals surface area contributed by atoms with E-state index >= 15 is 0 Å². The molecule has 4 rings (SSSR count). The molecule has 0 spiro atoms. The Bertz CT molecular complexity index is 1050. The number of morpholine rings is 1. The summed E-state index contributed by atoms with van der Waals surface area (Å²) in [5, 5.41) is 14.5. The molecule has 2 aromatic rings. The zero-order chi connectivity index (χ0) is 22.9. The minimum atomic E-state index is -4.72. The molecule has 8 nitrogen and oxygen atoms in total. The molecule has 12 heteroatoms. The van der Waals surface area contributed by atoms with Crippen LogP contribution in [0.5, 0.6) is 0 Å². The van der Waals surface area contributed by atoms with Crippen LogP contribution in [-0.4, -0.2) is 72.7 Å². The third-order valence-electron chi connectivity index (χ3n) is 5.59. The smallest absolute Gasteiger partial charge is 0.364 e. The van der Waals surface area contributed by atoms with Gasteiger partial charge in [0.1, 0.15) is 22.8 Å². The van der Waals surface area contributed by atoms with E-state index in [0.29, 0.717) is 12.2 Å². The molecule has 170 valence electrons. The maximum absolute atomic E-state index is 14.5. The number of rotatable bonds is 4. The van der Waals surface area contributed by atoms with Crippen molar-refractivity contribution in [3.8, 4) is 6.07 Å². The van der Waals surface area contributed by atoms with Gasteiger partial charge in [-0.2, -0.15) is 18.4 Å². The average Bonchev–Trinajstić information content (AvgIpc) is 3.22. The predicted molar refractivity (Wildman–Crippen MR) is 106 cm³/mol. The van der Waals surface area contributed by atoms with Crippen molar-refractivity contribution in [2.24, 2.45) is 0 Å². The molecule has 2 aliphatic heterocycles. The first-order chi connectivity index (χ1) is 15.2. The highest BCUT2D eigenvalue weighted by Gasteiger charge is 2.48. The first kappa shape index (κ1) is 22.2. The normalized spacial score (nSPS) is 26.2. The molecule has 2 aliphatic rings. The summed E-state index contributed by atoms with van der Waals surface area (Å²) in [5.41, 5.74) is -0.633. The Morgan fingerprint density at radius 2 is 2.06 bits per heavy atom. The van der Waals surface area contributed by atoms with Crippen LogP contribution >= 0.6 is 0 Å². The van der Waals surface area contributed by atoms with Gasteiger partial charge in [0, 0.05) is 18.9 Å². The Morgan fingerprint density at radius 1 is 1.31 bits per heavy atom. The number of aromatic nitrogens is 2. The van der Waals surface area contributed by atoms with Crippen molar-refractivity contribution in [2.75, 3.05) is 37.6 Å². The number of hydrogen-bond acceptors (Lipinski definition) is 7. The fraction of sp³-hybridized carbons (Fsp3) is 0.500. The summed E-state index contributed by atoms with van der Waals surface area (Å²) < 4.78 is 60.3. The molecule has 0 radical (unpaired) electrons. The average molecular weight is 452 g/mol. The summed E-state index contributed by atoms with van der Waals surface area (Å²) in [7, 11) is 0. The van der Waals surface area contributed by atoms with Gasteiger partial charge in [-0.05, 0) is 25.1 Å². The van der Waals surface area contributed by atoms with E-state index in [4.69, 9.17) is 4.74 Å². The number of halogens is 4. The molecule has 1 aromatic heterocycles. The summed E-state index contributed by atoms with van der Waals surface area (Å²) >= 11 is 0. The number of nitrogens with one attached hydrogen (secondary N) is 2. The van der Waals surface area contributed by atoms with Crippen LogP contribution in [0.2, 0.25) is 0 Å². The van der Waals surface area contributed by atoms with Crippen molar-refractivity contribution >= 4 is 22.6 Å². The van der Waals surface area contributed by atoms with Gasteiger partial charge in [-0.3, -0.25) is 14.8 Å². The Labute approximate surface area is 180 Å². The molecule has 0 aliphatic carbocycles. The van der Waals surface area contributed by atoms with Crippen LogP contribution in [0.1, 0.15) is 12.0 Å². The lowest BCUT2D eigenvalue weighted by molar-refractivity contribution is -0.234. The maximum atomic E-state index is 14.5. The lowest BCUT2D eigenvalue weighted by Gasteiger charge is -2.39. The number of carbonyl (C=O) groups is 1. The van der Waals surface area contributed by atoms with Gasteiger partial charge in [0.2, 0.25) is 0 Å². The Hall–Kier alpha value is -3.04. The molecular weight excluding hydrogens is 432 g/mol. The molecule has 3 atom stereocenters. The van der Waals surface area contributed by atoms with Gasteiger partial charge in [0.05, 0.1) is 30.9 Å². The number of benzene rings is 1. The zero-order valence-corrected chi connectivity index (χ0v) is 16.8. The highest BCUT2D eigenvalue weighted by Crippen LogP contribution is 2.33. The van der Waals surface area contributed by atoms with Crippen molar-refractivity contribution in [1.82, 2.24) is 20.6 Å². The molecule has 2 N–H and O–H groups in total. The van der Waals surface area contributed by atoms with Crippen LogP contribution in [0.25, 0.3) is 11.0 Å². The molecule has 3 heterocycles. The fourth-order valence-electron chi connectivity index (χ4n) is 3.89. The number of amides is 1. The molecule has 0 unspecified atom stereocenters. The highest BCUT2D eigenvalue weighted by molar-refractivity contribution is 5.92. The standard InChI is InChI=1S/C20H20F4N6O2/c21-19(3-4-26-10-19)11-29-18(31)14-8-30(9-15(32-14)20(22,23)24)13-2-1-12(7-25)16-17(13)28-6-5-27-16/h1-2,5-6,14-15,26H,3-4,8-11H2,(H,29,31)/t14-,15+,19-/m0/s1. The largest absolute Gasteiger partial charge is 0.416 e. The van der Waals surface area contributed by atoms with Gasteiger partial charge in [-0.15, -0.1) is 0 Å². The quantitative estimate of drug-likeness (QED) is 0.677. The van der Waals surface area contributed by atoms with Crippen LogP contribution in [0.4, 0.5) is 23.2 Å². The number of alkyl halides is 4. The minimum absolute atomic E-state index is 0.0615. The minimum Gasteiger partial charge on any atom is -0.364 e. The van der Waals surface area contributed by atoms with E-state index in [-0.39, 0.29) is 42.7 Å². The van der Waals surface area contributed by atoms with Gasteiger partial charge in [0.25, 0.3) is 5.91 Å². The van der Waals surface area contributed by atoms with E-state index < -0.39 is 36.5 Å². The Morgan fingerprint density at radius 3 is 2.72 bits per heavy atom. The number of ether oxygens (including phenoxy) is 1. The van der Waals surface area contributed by atoms with Crippen LogP contribution in [0.3, 0.4) is 0 Å². The Balaban J connectivity index is 1.61. The summed E-state index contributed by atoms with van der Waals surface area (Å²) in [4.78, 5) is 22.3. The van der Waals surface area contributed by atoms with Crippen LogP contribution in [0, 0.1) is 11.3 Å². The summed E-state index contributed by atoms with van der Waals surface area (Å²) in [6, 6.07) is 4.90. The van der Waals surface area contributed by atoms with Gasteiger partial charge in [-0.1, -0.05) is 0 Å². The number of anilines is 1. The third kappa shape index (κ3) is 4.44. The highest BCUT2D eigenvalue weighted by atomic mass is 19.4. The molecule has 0 bridgehead atoms. The summed E-state index contributed by atoms with van der Waals surface area (Å²) in [5.74, 6) is -0.822. The second-order valence-corrected chi connectivity index (χ2v) is 7.85. The van der Waals surface area contributed by atoms with Crippen molar-refractivity contribution in [1.29, 1.82) is 5.26 Å². The predicted octanol–water partition coefficient (Wildman–Crippen LogP) is 1.46. The van der Waals surface area contributed by atoms with Gasteiger partial charge in [-0.25, -0.2) is 4.39 Å². The topological polar surface area (TPSA) is 103 Å². The number of hydrogen-bond donors (Lipinski definition) is 2. The van der Waals surface area contributed by atoms with Crippen LogP contribution < -0.4 is 15.5 Å². The number of nitriles is 1. The van der Waals surface area contributed by atoms with Gasteiger partial charge in [0.15, 0.2) is 12.2 Å². The summed E-state index contributed by atoms with van der Waals surface area (Å²) in [6.45, 7) is -0.564. The molecule has 1 aromatic carbocycles. The lowest BCUT2D eigenvalue weighted by Crippen LogP contribution is -2.58. The van der Waals surface area contributed by atoms with Crippen molar-refractivity contribution in [3.63, 3.8) is 0 Å². The second kappa shape index (κ2) is 8.48. The van der Waals surface area contributed by atoms with Crippen molar-refractivity contribution < 1.29 is 27.1 Å². The second-order valence-electron chi connectivity index (χ2n) is 7.85. The first-order valence-corrected chi connectivity index (χ1v) is 9.98. The van der Waals surface area contributed by atoms with Crippen LogP contribution in [-0.2, 0) is 9.53 Å².